The van der Waals surface area contributed by atoms with Gasteiger partial charge in [-0.25, -0.2) is 0 Å². The molecule has 0 amide bonds. The van der Waals surface area contributed by atoms with Gasteiger partial charge < -0.3 is 15.4 Å². The van der Waals surface area contributed by atoms with Gasteiger partial charge in [0.15, 0.2) is 5.69 Å². The summed E-state index contributed by atoms with van der Waals surface area (Å²) in [5, 5.41) is 22.1. The highest BCUT2D eigenvalue weighted by Gasteiger charge is 2.09. The maximum atomic E-state index is 9.94. The smallest absolute Gasteiger partial charge is 0.218 e. The van der Waals surface area contributed by atoms with Gasteiger partial charge in [-0.05, 0) is 55.4 Å². The Hall–Kier alpha value is -2.73. The maximum absolute atomic E-state index is 9.94. The molecule has 2 aromatic carbocycles. The van der Waals surface area contributed by atoms with Crippen molar-refractivity contribution in [3.8, 4) is 5.88 Å². The second-order valence-corrected chi connectivity index (χ2v) is 5.76. The highest BCUT2D eigenvalue weighted by Crippen LogP contribution is 2.35. The topological polar surface area (TPSA) is 72.8 Å². The Balaban J connectivity index is 1.81. The molecule has 3 rings (SSSR count). The summed E-state index contributed by atoms with van der Waals surface area (Å²) in [5.41, 5.74) is 4.33. The van der Waals surface area contributed by atoms with Crippen molar-refractivity contribution in [2.75, 3.05) is 5.32 Å². The molecule has 0 spiro atoms. The Morgan fingerprint density at radius 2 is 1.83 bits per heavy atom. The van der Waals surface area contributed by atoms with Crippen LogP contribution >= 0.6 is 12.2 Å². The van der Waals surface area contributed by atoms with Crippen molar-refractivity contribution in [1.82, 2.24) is 4.98 Å². The largest absolute Gasteiger partial charge is 0.493 e. The molecule has 1 heterocycles. The number of aryl methyl sites for hydroxylation is 2. The first-order valence-electron chi connectivity index (χ1n) is 7.13. The number of aromatic hydroxyl groups is 1. The van der Waals surface area contributed by atoms with Gasteiger partial charge >= 0.3 is 0 Å². The van der Waals surface area contributed by atoms with Crippen LogP contribution in [-0.2, 0) is 0 Å². The lowest BCUT2D eigenvalue weighted by Gasteiger charge is -2.05. The SMILES string of the molecule is Cc1cc(C)cc(NC(=S)N=Nc2c(O)[nH]c3ccccc23)c1. The van der Waals surface area contributed by atoms with Crippen LogP contribution < -0.4 is 5.32 Å². The number of hydrogen-bond acceptors (Lipinski definition) is 3. The van der Waals surface area contributed by atoms with Gasteiger partial charge in [-0.15, -0.1) is 10.2 Å². The van der Waals surface area contributed by atoms with E-state index in [1.807, 2.05) is 50.2 Å². The van der Waals surface area contributed by atoms with Gasteiger partial charge in [-0.1, -0.05) is 24.3 Å². The Morgan fingerprint density at radius 1 is 1.13 bits per heavy atom. The van der Waals surface area contributed by atoms with Crippen LogP contribution in [0, 0.1) is 13.8 Å². The number of aromatic nitrogens is 1. The highest BCUT2D eigenvalue weighted by molar-refractivity contribution is 7.80. The number of nitrogens with zero attached hydrogens (tertiary/aromatic N) is 2. The molecule has 0 fully saturated rings. The lowest BCUT2D eigenvalue weighted by molar-refractivity contribution is 0.459. The minimum absolute atomic E-state index is 0.0239. The number of azo groups is 1. The number of thiocarbonyl (C=S) groups is 1. The molecule has 6 heteroatoms. The van der Waals surface area contributed by atoms with E-state index in [2.05, 4.69) is 26.6 Å². The zero-order valence-electron chi connectivity index (χ0n) is 12.8. The Labute approximate surface area is 139 Å². The summed E-state index contributed by atoms with van der Waals surface area (Å²) in [6.07, 6.45) is 0. The lowest BCUT2D eigenvalue weighted by atomic mass is 10.1. The van der Waals surface area contributed by atoms with Gasteiger partial charge in [-0.2, -0.15) is 0 Å². The van der Waals surface area contributed by atoms with E-state index >= 15 is 0 Å². The van der Waals surface area contributed by atoms with Crippen LogP contribution in [-0.4, -0.2) is 15.2 Å². The number of hydrogen-bond donors (Lipinski definition) is 3. The first-order chi connectivity index (χ1) is 11.0. The Kier molecular flexibility index (Phi) is 4.08. The van der Waals surface area contributed by atoms with Crippen molar-refractivity contribution in [1.29, 1.82) is 0 Å². The number of fused-ring (bicyclic) bond motifs is 1. The van der Waals surface area contributed by atoms with Gasteiger partial charge in [0, 0.05) is 11.1 Å². The fourth-order valence-electron chi connectivity index (χ4n) is 2.50. The van der Waals surface area contributed by atoms with Crippen molar-refractivity contribution >= 4 is 39.6 Å². The molecule has 0 unspecified atom stereocenters. The van der Waals surface area contributed by atoms with Crippen molar-refractivity contribution in [2.45, 2.75) is 13.8 Å². The third-order valence-corrected chi connectivity index (χ3v) is 3.56. The van der Waals surface area contributed by atoms with E-state index in [1.54, 1.807) is 0 Å². The molecular formula is C17H16N4OS. The fourth-order valence-corrected chi connectivity index (χ4v) is 2.66. The average Bonchev–Trinajstić information content (AvgIpc) is 2.79. The number of rotatable bonds is 2. The molecule has 0 aliphatic heterocycles. The van der Waals surface area contributed by atoms with E-state index in [0.29, 0.717) is 5.69 Å². The molecule has 3 N–H and O–H groups in total. The van der Waals surface area contributed by atoms with Crippen LogP contribution in [0.2, 0.25) is 0 Å². The van der Waals surface area contributed by atoms with Gasteiger partial charge in [0.05, 0.1) is 5.52 Å². The minimum atomic E-state index is -0.0239. The van der Waals surface area contributed by atoms with Crippen LogP contribution in [0.15, 0.2) is 52.7 Å². The number of aromatic amines is 1. The second kappa shape index (κ2) is 6.18. The molecule has 116 valence electrons. The van der Waals surface area contributed by atoms with Gasteiger partial charge in [0.25, 0.3) is 0 Å². The van der Waals surface area contributed by atoms with Gasteiger partial charge in [0.1, 0.15) is 0 Å². The molecule has 1 aromatic heterocycles. The summed E-state index contributed by atoms with van der Waals surface area (Å²) in [6, 6.07) is 13.5. The standard InChI is InChI=1S/C17H16N4OS/c1-10-7-11(2)9-12(8-10)18-17(23)21-20-15-13-5-3-4-6-14(13)19-16(15)22/h3-9,19,22H,1-2H3,(H,18,23). The van der Waals surface area contributed by atoms with Crippen LogP contribution in [0.25, 0.3) is 10.9 Å². The molecule has 0 radical (unpaired) electrons. The predicted molar refractivity (Wildman–Crippen MR) is 96.6 cm³/mol. The van der Waals surface area contributed by atoms with E-state index in [1.165, 1.54) is 0 Å². The number of nitrogens with one attached hydrogen (secondary N) is 2. The van der Waals surface area contributed by atoms with Crippen molar-refractivity contribution in [2.24, 2.45) is 10.2 Å². The normalized spacial score (nSPS) is 11.2. The van der Waals surface area contributed by atoms with E-state index in [0.717, 1.165) is 27.7 Å². The number of benzene rings is 2. The monoisotopic (exact) mass is 324 g/mol. The third-order valence-electron chi connectivity index (χ3n) is 3.37. The molecule has 0 aliphatic rings. The first kappa shape index (κ1) is 15.2. The highest BCUT2D eigenvalue weighted by atomic mass is 32.1. The summed E-state index contributed by atoms with van der Waals surface area (Å²) in [6.45, 7) is 4.04. The summed E-state index contributed by atoms with van der Waals surface area (Å²) < 4.78 is 0. The lowest BCUT2D eigenvalue weighted by Crippen LogP contribution is -2.05. The van der Waals surface area contributed by atoms with E-state index in [9.17, 15) is 5.11 Å². The maximum Gasteiger partial charge on any atom is 0.218 e. The first-order valence-corrected chi connectivity index (χ1v) is 7.54. The van der Waals surface area contributed by atoms with E-state index < -0.39 is 0 Å². The molecular weight excluding hydrogens is 308 g/mol. The van der Waals surface area contributed by atoms with Gasteiger partial charge in [-0.3, -0.25) is 0 Å². The molecule has 0 atom stereocenters. The number of anilines is 1. The molecule has 3 aromatic rings. The summed E-state index contributed by atoms with van der Waals surface area (Å²) in [5.74, 6) is -0.0239. The van der Waals surface area contributed by atoms with Crippen molar-refractivity contribution in [3.63, 3.8) is 0 Å². The summed E-state index contributed by atoms with van der Waals surface area (Å²) >= 11 is 5.20. The molecule has 5 nitrogen and oxygen atoms in total. The zero-order valence-corrected chi connectivity index (χ0v) is 13.6. The van der Waals surface area contributed by atoms with Gasteiger partial charge in [0.2, 0.25) is 11.0 Å². The fraction of sp³-hybridized carbons (Fsp3) is 0.118. The van der Waals surface area contributed by atoms with Crippen molar-refractivity contribution in [3.05, 3.63) is 53.6 Å². The Bertz CT molecular complexity index is 894. The van der Waals surface area contributed by atoms with Crippen LogP contribution in [0.3, 0.4) is 0 Å². The van der Waals surface area contributed by atoms with Crippen LogP contribution in [0.4, 0.5) is 11.4 Å². The average molecular weight is 324 g/mol. The molecule has 0 aliphatic carbocycles. The molecule has 0 saturated heterocycles. The quantitative estimate of drug-likeness (QED) is 0.460. The third kappa shape index (κ3) is 3.37. The second-order valence-electron chi connectivity index (χ2n) is 5.37. The molecule has 0 saturated carbocycles. The molecule has 0 bridgehead atoms. The van der Waals surface area contributed by atoms with E-state index in [4.69, 9.17) is 12.2 Å². The summed E-state index contributed by atoms with van der Waals surface area (Å²) in [7, 11) is 0. The summed E-state index contributed by atoms with van der Waals surface area (Å²) in [4.78, 5) is 2.85. The predicted octanol–water partition coefficient (Wildman–Crippen LogP) is 4.97. The minimum Gasteiger partial charge on any atom is -0.493 e. The zero-order chi connectivity index (χ0) is 16.4. The molecule has 23 heavy (non-hydrogen) atoms. The van der Waals surface area contributed by atoms with Crippen LogP contribution in [0.1, 0.15) is 11.1 Å². The Morgan fingerprint density at radius 3 is 2.57 bits per heavy atom. The van der Waals surface area contributed by atoms with E-state index in [-0.39, 0.29) is 11.0 Å². The number of para-hydroxylation sites is 1. The number of H-pyrrole nitrogens is 1. The van der Waals surface area contributed by atoms with Crippen LogP contribution in [0.5, 0.6) is 5.88 Å². The van der Waals surface area contributed by atoms with Crippen molar-refractivity contribution < 1.29 is 5.11 Å².